The number of carbonyl (C=O) groups excluding carboxylic acids is 1. The van der Waals surface area contributed by atoms with Crippen LogP contribution in [0.5, 0.6) is 0 Å². The van der Waals surface area contributed by atoms with Gasteiger partial charge in [-0.15, -0.1) is 0 Å². The summed E-state index contributed by atoms with van der Waals surface area (Å²) in [5, 5.41) is 2.32. The van der Waals surface area contributed by atoms with E-state index in [-0.39, 0.29) is 12.1 Å². The molecule has 0 amide bonds. The van der Waals surface area contributed by atoms with Crippen molar-refractivity contribution in [1.29, 1.82) is 0 Å². The maximum atomic E-state index is 12.0. The fourth-order valence-electron chi connectivity index (χ4n) is 3.92. The molecule has 0 bridgehead atoms. The topological polar surface area (TPSA) is 35.5 Å². The molecule has 0 radical (unpaired) electrons. The third-order valence-corrected chi connectivity index (χ3v) is 5.35. The molecule has 0 saturated carbocycles. The normalized spacial score (nSPS) is 17.9. The molecule has 1 atom stereocenters. The van der Waals surface area contributed by atoms with Crippen LogP contribution >= 0.6 is 0 Å². The Morgan fingerprint density at radius 3 is 2.68 bits per heavy atom. The monoisotopic (exact) mass is 372 g/mol. The van der Waals surface area contributed by atoms with Gasteiger partial charge in [0.2, 0.25) is 0 Å². The molecule has 0 aromatic heterocycles. The van der Waals surface area contributed by atoms with Crippen LogP contribution in [0.3, 0.4) is 0 Å². The smallest absolute Gasteiger partial charge is 0.330 e. The number of hydrogen-bond acceptors (Lipinski definition) is 3. The SMILES string of the molecule is COC(=O)/C=C1\CO[C@H](CCc2ccccc2)Cc2ccc3ccccc3c21. The van der Waals surface area contributed by atoms with Crippen molar-refractivity contribution < 1.29 is 14.3 Å². The van der Waals surface area contributed by atoms with Gasteiger partial charge in [-0.1, -0.05) is 66.7 Å². The molecule has 3 heteroatoms. The second kappa shape index (κ2) is 8.41. The van der Waals surface area contributed by atoms with E-state index in [1.54, 1.807) is 6.08 Å². The van der Waals surface area contributed by atoms with E-state index in [0.717, 1.165) is 35.8 Å². The summed E-state index contributed by atoms with van der Waals surface area (Å²) < 4.78 is 11.1. The summed E-state index contributed by atoms with van der Waals surface area (Å²) in [4.78, 5) is 12.0. The Hall–Kier alpha value is -2.91. The first-order chi connectivity index (χ1) is 13.7. The van der Waals surface area contributed by atoms with Crippen LogP contribution in [0, 0.1) is 0 Å². The highest BCUT2D eigenvalue weighted by atomic mass is 16.5. The summed E-state index contributed by atoms with van der Waals surface area (Å²) in [6.45, 7) is 0.412. The average molecular weight is 372 g/mol. The maximum absolute atomic E-state index is 12.0. The van der Waals surface area contributed by atoms with Gasteiger partial charge < -0.3 is 9.47 Å². The van der Waals surface area contributed by atoms with E-state index in [0.29, 0.717) is 6.61 Å². The van der Waals surface area contributed by atoms with E-state index in [1.165, 1.54) is 23.6 Å². The lowest BCUT2D eigenvalue weighted by Crippen LogP contribution is -2.16. The van der Waals surface area contributed by atoms with Gasteiger partial charge in [-0.05, 0) is 52.3 Å². The molecule has 4 rings (SSSR count). The quantitative estimate of drug-likeness (QED) is 0.479. The molecular formula is C25H24O3. The number of rotatable bonds is 4. The fourth-order valence-corrected chi connectivity index (χ4v) is 3.92. The van der Waals surface area contributed by atoms with Crippen molar-refractivity contribution in [3.05, 3.63) is 89.5 Å². The first kappa shape index (κ1) is 18.5. The van der Waals surface area contributed by atoms with Crippen molar-refractivity contribution in [3.63, 3.8) is 0 Å². The summed E-state index contributed by atoms with van der Waals surface area (Å²) in [5.41, 5.74) is 4.55. The first-order valence-corrected chi connectivity index (χ1v) is 9.69. The van der Waals surface area contributed by atoms with Crippen LogP contribution in [0.2, 0.25) is 0 Å². The molecule has 0 unspecified atom stereocenters. The van der Waals surface area contributed by atoms with Gasteiger partial charge >= 0.3 is 5.97 Å². The van der Waals surface area contributed by atoms with E-state index in [4.69, 9.17) is 9.47 Å². The predicted molar refractivity (Wildman–Crippen MR) is 112 cm³/mol. The number of carbonyl (C=O) groups is 1. The predicted octanol–water partition coefficient (Wildman–Crippen LogP) is 4.97. The van der Waals surface area contributed by atoms with Crippen LogP contribution in [0.25, 0.3) is 16.3 Å². The Balaban J connectivity index is 1.68. The number of aryl methyl sites for hydroxylation is 1. The highest BCUT2D eigenvalue weighted by Gasteiger charge is 2.22. The summed E-state index contributed by atoms with van der Waals surface area (Å²) >= 11 is 0. The third-order valence-electron chi connectivity index (χ3n) is 5.35. The number of hydrogen-bond donors (Lipinski definition) is 0. The zero-order valence-electron chi connectivity index (χ0n) is 16.1. The minimum absolute atomic E-state index is 0.115. The molecule has 28 heavy (non-hydrogen) atoms. The Bertz CT molecular complexity index is 1000. The summed E-state index contributed by atoms with van der Waals surface area (Å²) in [7, 11) is 1.41. The zero-order chi connectivity index (χ0) is 19.3. The van der Waals surface area contributed by atoms with Crippen molar-refractivity contribution in [2.45, 2.75) is 25.4 Å². The molecule has 3 aromatic carbocycles. The number of esters is 1. The van der Waals surface area contributed by atoms with Crippen LogP contribution in [-0.4, -0.2) is 25.8 Å². The van der Waals surface area contributed by atoms with E-state index in [2.05, 4.69) is 48.5 Å². The number of fused-ring (bicyclic) bond motifs is 3. The third kappa shape index (κ3) is 4.00. The lowest BCUT2D eigenvalue weighted by Gasteiger charge is -2.15. The molecule has 3 aromatic rings. The Kier molecular flexibility index (Phi) is 5.54. The standard InChI is InChI=1S/C25H24O3/c1-27-24(26)16-21-17-28-22(14-11-18-7-3-2-4-8-18)15-20-13-12-19-9-5-6-10-23(19)25(20)21/h2-10,12-13,16,22H,11,14-15,17H2,1H3/b21-16+/t22-/m1/s1. The van der Waals surface area contributed by atoms with Gasteiger partial charge in [0.25, 0.3) is 0 Å². The van der Waals surface area contributed by atoms with Gasteiger partial charge in [-0.3, -0.25) is 0 Å². The van der Waals surface area contributed by atoms with Crippen molar-refractivity contribution in [2.75, 3.05) is 13.7 Å². The van der Waals surface area contributed by atoms with Crippen molar-refractivity contribution >= 4 is 22.3 Å². The highest BCUT2D eigenvalue weighted by Crippen LogP contribution is 2.33. The highest BCUT2D eigenvalue weighted by molar-refractivity contribution is 6.00. The molecule has 1 aliphatic heterocycles. The molecular weight excluding hydrogens is 348 g/mol. The van der Waals surface area contributed by atoms with E-state index in [1.807, 2.05) is 18.2 Å². The molecule has 0 saturated heterocycles. The van der Waals surface area contributed by atoms with Gasteiger partial charge in [-0.25, -0.2) is 4.79 Å². The largest absolute Gasteiger partial charge is 0.466 e. The van der Waals surface area contributed by atoms with E-state index < -0.39 is 0 Å². The van der Waals surface area contributed by atoms with Crippen molar-refractivity contribution in [2.24, 2.45) is 0 Å². The molecule has 0 fully saturated rings. The van der Waals surface area contributed by atoms with Gasteiger partial charge in [0.15, 0.2) is 0 Å². The van der Waals surface area contributed by atoms with Gasteiger partial charge in [0.05, 0.1) is 19.8 Å². The number of benzene rings is 3. The minimum Gasteiger partial charge on any atom is -0.466 e. The summed E-state index contributed by atoms with van der Waals surface area (Å²) in [6.07, 6.45) is 4.45. The van der Waals surface area contributed by atoms with Crippen LogP contribution < -0.4 is 0 Å². The van der Waals surface area contributed by atoms with Gasteiger partial charge in [0.1, 0.15) is 0 Å². The van der Waals surface area contributed by atoms with Gasteiger partial charge in [-0.2, -0.15) is 0 Å². The Labute approximate surface area is 165 Å². The molecule has 1 aliphatic rings. The van der Waals surface area contributed by atoms with Crippen LogP contribution in [0.4, 0.5) is 0 Å². The lowest BCUT2D eigenvalue weighted by molar-refractivity contribution is -0.134. The molecule has 3 nitrogen and oxygen atoms in total. The minimum atomic E-state index is -0.347. The second-order valence-corrected chi connectivity index (χ2v) is 7.17. The summed E-state index contributed by atoms with van der Waals surface area (Å²) in [6, 6.07) is 23.1. The van der Waals surface area contributed by atoms with E-state index >= 15 is 0 Å². The second-order valence-electron chi connectivity index (χ2n) is 7.17. The van der Waals surface area contributed by atoms with Crippen LogP contribution in [-0.2, 0) is 27.1 Å². The number of ether oxygens (including phenoxy) is 2. The fraction of sp³-hybridized carbons (Fsp3) is 0.240. The number of methoxy groups -OCH3 is 1. The van der Waals surface area contributed by atoms with Crippen molar-refractivity contribution in [3.8, 4) is 0 Å². The molecule has 1 heterocycles. The van der Waals surface area contributed by atoms with Crippen LogP contribution in [0.1, 0.15) is 23.1 Å². The average Bonchev–Trinajstić information content (AvgIpc) is 2.92. The molecule has 0 aliphatic carbocycles. The van der Waals surface area contributed by atoms with Gasteiger partial charge in [0, 0.05) is 6.08 Å². The Morgan fingerprint density at radius 2 is 1.86 bits per heavy atom. The Morgan fingerprint density at radius 1 is 1.07 bits per heavy atom. The maximum Gasteiger partial charge on any atom is 0.330 e. The molecule has 142 valence electrons. The van der Waals surface area contributed by atoms with Crippen molar-refractivity contribution in [1.82, 2.24) is 0 Å². The lowest BCUT2D eigenvalue weighted by atomic mass is 9.90. The van der Waals surface area contributed by atoms with E-state index in [9.17, 15) is 4.79 Å². The zero-order valence-corrected chi connectivity index (χ0v) is 16.1. The molecule has 0 N–H and O–H groups in total. The summed E-state index contributed by atoms with van der Waals surface area (Å²) in [5.74, 6) is -0.347. The first-order valence-electron chi connectivity index (χ1n) is 9.69. The van der Waals surface area contributed by atoms with Crippen LogP contribution in [0.15, 0.2) is 72.8 Å². The molecule has 0 spiro atoms.